The van der Waals surface area contributed by atoms with E-state index in [9.17, 15) is 19.2 Å². The SMILES string of the molecule is CCCCCCCCCCCCCC(=O)Nc1ccc(-c2c3nc(c(-c4ccc(NC(=O)CCCCCCCCCCCCC)cc4)c4ccc([nH]4)c(-c4ccc(NC(=O)CCCCCCCCCCCCC)cc4)c4nc(c(-c5ccc(NC(=O)CCCCCCCCCCCCC)cc5)c5ccc2[nH]5)C=C4)C=C3)cc1. The second kappa shape index (κ2) is 51.2. The topological polar surface area (TPSA) is 174 Å². The predicted molar refractivity (Wildman–Crippen MR) is 479 cm³/mol. The maximum atomic E-state index is 13.5. The Morgan fingerprint density at radius 1 is 0.223 bits per heavy atom. The highest BCUT2D eigenvalue weighted by molar-refractivity contribution is 6.01. The van der Waals surface area contributed by atoms with Crippen molar-refractivity contribution in [1.82, 2.24) is 19.9 Å². The molecule has 4 aromatic carbocycles. The fourth-order valence-corrected chi connectivity index (χ4v) is 16.0. The molecule has 12 nitrogen and oxygen atoms in total. The molecule has 2 aliphatic heterocycles. The zero-order chi connectivity index (χ0) is 78.4. The molecular weight excluding hydrogens is 1380 g/mol. The van der Waals surface area contributed by atoms with Crippen LogP contribution in [0.4, 0.5) is 22.7 Å². The molecule has 9 rings (SSSR count). The largest absolute Gasteiger partial charge is 0.354 e. The number of carbonyl (C=O) groups is 4. The van der Waals surface area contributed by atoms with Gasteiger partial charge in [0.2, 0.25) is 23.6 Å². The van der Waals surface area contributed by atoms with E-state index in [1.165, 1.54) is 205 Å². The van der Waals surface area contributed by atoms with Crippen LogP contribution in [0.25, 0.3) is 90.9 Å². The molecule has 4 amide bonds. The zero-order valence-electron chi connectivity index (χ0n) is 69.3. The van der Waals surface area contributed by atoms with Gasteiger partial charge in [-0.15, -0.1) is 0 Å². The van der Waals surface area contributed by atoms with Crippen LogP contribution >= 0.6 is 0 Å². The van der Waals surface area contributed by atoms with Crippen molar-refractivity contribution in [3.63, 3.8) is 0 Å². The van der Waals surface area contributed by atoms with Crippen molar-refractivity contribution < 1.29 is 19.2 Å². The van der Waals surface area contributed by atoms with Crippen molar-refractivity contribution in [3.05, 3.63) is 144 Å². The van der Waals surface area contributed by atoms with E-state index in [4.69, 9.17) is 9.97 Å². The van der Waals surface area contributed by atoms with Gasteiger partial charge in [-0.1, -0.05) is 333 Å². The maximum absolute atomic E-state index is 13.5. The Kier molecular flexibility index (Phi) is 39.9. The van der Waals surface area contributed by atoms with Crippen LogP contribution in [0.5, 0.6) is 0 Å². The van der Waals surface area contributed by atoms with Crippen LogP contribution in [-0.2, 0) is 19.2 Å². The van der Waals surface area contributed by atoms with E-state index in [-0.39, 0.29) is 23.6 Å². The lowest BCUT2D eigenvalue weighted by Crippen LogP contribution is -2.10. The summed E-state index contributed by atoms with van der Waals surface area (Å²) < 4.78 is 0. The summed E-state index contributed by atoms with van der Waals surface area (Å²) >= 11 is 0. The summed E-state index contributed by atoms with van der Waals surface area (Å²) in [6.07, 6.45) is 64.5. The number of nitrogens with one attached hydrogen (secondary N) is 6. The van der Waals surface area contributed by atoms with Crippen LogP contribution in [0.3, 0.4) is 0 Å². The van der Waals surface area contributed by atoms with Gasteiger partial charge in [-0.3, -0.25) is 19.2 Å². The molecule has 0 saturated carbocycles. The van der Waals surface area contributed by atoms with Gasteiger partial charge >= 0.3 is 0 Å². The predicted octanol–water partition coefficient (Wildman–Crippen LogP) is 29.9. The Hall–Kier alpha value is -8.64. The van der Waals surface area contributed by atoms with Gasteiger partial charge in [-0.05, 0) is 145 Å². The number of aromatic amines is 2. The number of hydrogen-bond donors (Lipinski definition) is 6. The lowest BCUT2D eigenvalue weighted by atomic mass is 10.0. The van der Waals surface area contributed by atoms with E-state index >= 15 is 0 Å². The molecule has 0 spiro atoms. The molecule has 12 heteroatoms. The fraction of sp³-hybridized carbons (Fsp3) is 0.520. The highest BCUT2D eigenvalue weighted by Crippen LogP contribution is 2.40. The molecule has 5 heterocycles. The third-order valence-electron chi connectivity index (χ3n) is 22.6. The fourth-order valence-electron chi connectivity index (χ4n) is 16.0. The second-order valence-corrected chi connectivity index (χ2v) is 32.1. The van der Waals surface area contributed by atoms with Crippen LogP contribution in [-0.4, -0.2) is 43.6 Å². The molecule has 8 bridgehead atoms. The first kappa shape index (κ1) is 87.3. The Morgan fingerprint density at radius 3 is 0.554 bits per heavy atom. The first-order valence-electron chi connectivity index (χ1n) is 44.9. The lowest BCUT2D eigenvalue weighted by Gasteiger charge is -2.10. The van der Waals surface area contributed by atoms with Crippen molar-refractivity contribution >= 4 is 92.7 Å². The number of anilines is 4. The maximum Gasteiger partial charge on any atom is 0.224 e. The number of H-pyrrole nitrogens is 2. The van der Waals surface area contributed by atoms with Gasteiger partial charge in [0.05, 0.1) is 22.8 Å². The molecule has 602 valence electrons. The number of nitrogens with zero attached hydrogens (tertiary/aromatic N) is 2. The second-order valence-electron chi connectivity index (χ2n) is 32.1. The number of benzene rings is 4. The Labute approximate surface area is 673 Å². The van der Waals surface area contributed by atoms with Crippen molar-refractivity contribution in [2.24, 2.45) is 0 Å². The molecule has 0 unspecified atom stereocenters. The summed E-state index contributed by atoms with van der Waals surface area (Å²) in [5.41, 5.74) is 16.5. The van der Waals surface area contributed by atoms with E-state index in [1.54, 1.807) is 0 Å². The Bertz CT molecular complexity index is 3640. The number of carbonyl (C=O) groups excluding carboxylic acids is 4. The Morgan fingerprint density at radius 2 is 0.384 bits per heavy atom. The van der Waals surface area contributed by atoms with Gasteiger partial charge in [0.15, 0.2) is 0 Å². The minimum absolute atomic E-state index is 0.0262. The van der Waals surface area contributed by atoms with Crippen LogP contribution in [0.2, 0.25) is 0 Å². The van der Waals surface area contributed by atoms with Gasteiger partial charge in [-0.25, -0.2) is 9.97 Å². The smallest absolute Gasteiger partial charge is 0.224 e. The van der Waals surface area contributed by atoms with Crippen molar-refractivity contribution in [2.45, 2.75) is 336 Å². The number of amides is 4. The lowest BCUT2D eigenvalue weighted by molar-refractivity contribution is -0.117. The highest BCUT2D eigenvalue weighted by atomic mass is 16.2. The number of aromatic nitrogens is 4. The van der Waals surface area contributed by atoms with E-state index in [0.717, 1.165) is 189 Å². The molecule has 0 atom stereocenters. The van der Waals surface area contributed by atoms with Gasteiger partial charge in [-0.2, -0.15) is 0 Å². The summed E-state index contributed by atoms with van der Waals surface area (Å²) in [7, 11) is 0. The number of hydrogen-bond acceptors (Lipinski definition) is 6. The standard InChI is InChI=1S/C100H138N8O4/c1-5-9-13-17-21-25-29-33-37-41-45-49-93(109)101-81-61-53-77(54-62-81)97-85-69-71-87(105-85)98(78-55-63-82(64-56-78)102-94(110)50-46-42-38-34-30-26-22-18-14-10-6-2)89-73-75-91(107-89)100(80-59-67-84(68-60-80)104-96(112)52-48-44-40-36-32-28-24-20-16-12-8-4)92-76-74-90(108-92)99(88-72-70-86(97)106-88)79-57-65-83(66-58-79)103-95(111)51-47-43-39-35-31-27-23-19-15-11-7-3/h53-76,105,108H,5-52H2,1-4H3,(H,101,109)(H,102,110)(H,103,111)(H,104,112). The van der Waals surface area contributed by atoms with E-state index in [2.05, 4.69) is 156 Å². The third-order valence-corrected chi connectivity index (χ3v) is 22.6. The van der Waals surface area contributed by atoms with Gasteiger partial charge in [0.25, 0.3) is 0 Å². The van der Waals surface area contributed by atoms with Crippen LogP contribution in [0, 0.1) is 0 Å². The van der Waals surface area contributed by atoms with E-state index < -0.39 is 0 Å². The molecule has 0 radical (unpaired) electrons. The highest BCUT2D eigenvalue weighted by Gasteiger charge is 2.21. The number of unbranched alkanes of at least 4 members (excludes halogenated alkanes) is 40. The first-order chi connectivity index (χ1) is 55.1. The van der Waals surface area contributed by atoms with Crippen LogP contribution < -0.4 is 21.3 Å². The minimum Gasteiger partial charge on any atom is -0.354 e. The summed E-state index contributed by atoms with van der Waals surface area (Å²) in [5.74, 6) is 0.105. The summed E-state index contributed by atoms with van der Waals surface area (Å²) in [6, 6.07) is 41.0. The summed E-state index contributed by atoms with van der Waals surface area (Å²) in [5, 5.41) is 12.8. The minimum atomic E-state index is 0.0262. The molecule has 0 fully saturated rings. The monoisotopic (exact) mass is 1520 g/mol. The molecule has 2 aliphatic rings. The van der Waals surface area contributed by atoms with Crippen LogP contribution in [0.1, 0.15) is 359 Å². The van der Waals surface area contributed by atoms with Crippen molar-refractivity contribution in [3.8, 4) is 44.5 Å². The van der Waals surface area contributed by atoms with Gasteiger partial charge < -0.3 is 31.2 Å². The summed E-state index contributed by atoms with van der Waals surface area (Å²) in [6.45, 7) is 9.07. The van der Waals surface area contributed by atoms with Crippen LogP contribution in [0.15, 0.2) is 121 Å². The normalized spacial score (nSPS) is 11.8. The molecule has 6 N–H and O–H groups in total. The number of rotatable bonds is 56. The van der Waals surface area contributed by atoms with Crippen molar-refractivity contribution in [1.29, 1.82) is 0 Å². The van der Waals surface area contributed by atoms with Crippen molar-refractivity contribution in [2.75, 3.05) is 21.3 Å². The first-order valence-corrected chi connectivity index (χ1v) is 44.9. The molecule has 3 aromatic heterocycles. The van der Waals surface area contributed by atoms with Gasteiger partial charge in [0, 0.05) is 92.8 Å². The van der Waals surface area contributed by atoms with Gasteiger partial charge in [0.1, 0.15) is 0 Å². The average molecular weight is 1520 g/mol. The molecule has 0 aliphatic carbocycles. The Balaban J connectivity index is 1.04. The number of fused-ring (bicyclic) bond motifs is 8. The average Bonchev–Trinajstić information content (AvgIpc) is 1.61. The molecule has 112 heavy (non-hydrogen) atoms. The molecular formula is C100H138N8O4. The third kappa shape index (κ3) is 30.4. The zero-order valence-corrected chi connectivity index (χ0v) is 69.3. The molecule has 0 saturated heterocycles. The van der Waals surface area contributed by atoms with E-state index in [1.807, 2.05) is 48.5 Å². The molecule has 7 aromatic rings. The quantitative estimate of drug-likeness (QED) is 0.0207. The van der Waals surface area contributed by atoms with E-state index in [0.29, 0.717) is 25.7 Å². The summed E-state index contributed by atoms with van der Waals surface area (Å²) in [4.78, 5) is 73.0.